The second kappa shape index (κ2) is 5.44. The molecule has 3 N–H and O–H groups in total. The second-order valence-corrected chi connectivity index (χ2v) is 4.58. The Morgan fingerprint density at radius 2 is 2.24 bits per heavy atom. The molecule has 0 radical (unpaired) electrons. The number of halogens is 2. The van der Waals surface area contributed by atoms with Crippen LogP contribution in [0.2, 0.25) is 0 Å². The molecule has 1 aromatic heterocycles. The van der Waals surface area contributed by atoms with E-state index in [1.54, 1.807) is 18.6 Å². The summed E-state index contributed by atoms with van der Waals surface area (Å²) in [6, 6.07) is 6.69. The number of hydrogen-bond donors (Lipinski definition) is 2. The van der Waals surface area contributed by atoms with Gasteiger partial charge in [-0.05, 0) is 51.7 Å². The van der Waals surface area contributed by atoms with Crippen molar-refractivity contribution in [3.05, 3.63) is 58.2 Å². The minimum atomic E-state index is -0.296. The molecule has 0 bridgehead atoms. The standard InChI is InChI=1S/C12H12BrFN2O/c13-10-2-1-9(6-11(10)14)12(16-15)5-8-3-4-17-7-8/h1-4,6-7,12,16H,5,15H2. The normalized spacial score (nSPS) is 12.6. The van der Waals surface area contributed by atoms with Crippen LogP contribution in [0.1, 0.15) is 17.2 Å². The highest BCUT2D eigenvalue weighted by Crippen LogP contribution is 2.23. The molecule has 0 aliphatic carbocycles. The van der Waals surface area contributed by atoms with Gasteiger partial charge in [0.05, 0.1) is 23.0 Å². The van der Waals surface area contributed by atoms with Crippen LogP contribution in [0.3, 0.4) is 0 Å². The Bertz CT molecular complexity index is 487. The van der Waals surface area contributed by atoms with E-state index in [4.69, 9.17) is 10.3 Å². The summed E-state index contributed by atoms with van der Waals surface area (Å²) in [7, 11) is 0. The molecule has 17 heavy (non-hydrogen) atoms. The van der Waals surface area contributed by atoms with Gasteiger partial charge in [-0.3, -0.25) is 11.3 Å². The largest absolute Gasteiger partial charge is 0.472 e. The van der Waals surface area contributed by atoms with Crippen LogP contribution >= 0.6 is 15.9 Å². The van der Waals surface area contributed by atoms with Crippen LogP contribution in [-0.4, -0.2) is 0 Å². The highest BCUT2D eigenvalue weighted by Gasteiger charge is 2.13. The van der Waals surface area contributed by atoms with Crippen molar-refractivity contribution in [3.63, 3.8) is 0 Å². The summed E-state index contributed by atoms with van der Waals surface area (Å²) in [6.07, 6.45) is 3.90. The summed E-state index contributed by atoms with van der Waals surface area (Å²) in [5, 5.41) is 0. The van der Waals surface area contributed by atoms with Crippen molar-refractivity contribution in [2.24, 2.45) is 5.84 Å². The van der Waals surface area contributed by atoms with Crippen molar-refractivity contribution in [2.75, 3.05) is 0 Å². The second-order valence-electron chi connectivity index (χ2n) is 3.73. The molecular weight excluding hydrogens is 287 g/mol. The van der Waals surface area contributed by atoms with E-state index in [2.05, 4.69) is 21.4 Å². The van der Waals surface area contributed by atoms with E-state index in [9.17, 15) is 4.39 Å². The van der Waals surface area contributed by atoms with Crippen LogP contribution < -0.4 is 11.3 Å². The monoisotopic (exact) mass is 298 g/mol. The first kappa shape index (κ1) is 12.3. The van der Waals surface area contributed by atoms with E-state index in [0.29, 0.717) is 10.9 Å². The molecular formula is C12H12BrFN2O. The van der Waals surface area contributed by atoms with Gasteiger partial charge in [-0.1, -0.05) is 6.07 Å². The minimum Gasteiger partial charge on any atom is -0.472 e. The van der Waals surface area contributed by atoms with Crippen LogP contribution in [0, 0.1) is 5.82 Å². The molecule has 0 aliphatic heterocycles. The Kier molecular flexibility index (Phi) is 3.93. The van der Waals surface area contributed by atoms with Gasteiger partial charge in [-0.15, -0.1) is 0 Å². The number of hydrogen-bond acceptors (Lipinski definition) is 3. The molecule has 1 heterocycles. The zero-order chi connectivity index (χ0) is 12.3. The zero-order valence-electron chi connectivity index (χ0n) is 8.99. The molecule has 0 spiro atoms. The van der Waals surface area contributed by atoms with Gasteiger partial charge in [0.25, 0.3) is 0 Å². The highest BCUT2D eigenvalue weighted by atomic mass is 79.9. The Morgan fingerprint density at radius 3 is 2.82 bits per heavy atom. The van der Waals surface area contributed by atoms with E-state index in [-0.39, 0.29) is 11.9 Å². The molecule has 0 saturated carbocycles. The Labute approximate surface area is 107 Å². The number of benzene rings is 1. The molecule has 0 amide bonds. The predicted molar refractivity (Wildman–Crippen MR) is 66.6 cm³/mol. The first-order valence-electron chi connectivity index (χ1n) is 5.13. The number of hydrazine groups is 1. The van der Waals surface area contributed by atoms with Crippen molar-refractivity contribution in [3.8, 4) is 0 Å². The highest BCUT2D eigenvalue weighted by molar-refractivity contribution is 9.10. The summed E-state index contributed by atoms with van der Waals surface area (Å²) < 4.78 is 18.9. The fraction of sp³-hybridized carbons (Fsp3) is 0.167. The van der Waals surface area contributed by atoms with E-state index >= 15 is 0 Å². The maximum Gasteiger partial charge on any atom is 0.137 e. The number of furan rings is 1. The molecule has 3 nitrogen and oxygen atoms in total. The van der Waals surface area contributed by atoms with Crippen LogP contribution in [-0.2, 0) is 6.42 Å². The smallest absolute Gasteiger partial charge is 0.137 e. The topological polar surface area (TPSA) is 51.2 Å². The van der Waals surface area contributed by atoms with E-state index in [1.165, 1.54) is 6.07 Å². The lowest BCUT2D eigenvalue weighted by Crippen LogP contribution is -2.29. The predicted octanol–water partition coefficient (Wildman–Crippen LogP) is 2.93. The zero-order valence-corrected chi connectivity index (χ0v) is 10.6. The molecule has 1 atom stereocenters. The fourth-order valence-corrected chi connectivity index (χ4v) is 1.89. The molecule has 0 saturated heterocycles. The number of nitrogens with one attached hydrogen (secondary N) is 1. The SMILES string of the molecule is NNC(Cc1ccoc1)c1ccc(Br)c(F)c1. The van der Waals surface area contributed by atoms with E-state index < -0.39 is 0 Å². The molecule has 90 valence electrons. The molecule has 2 rings (SSSR count). The number of nitrogens with two attached hydrogens (primary N) is 1. The lowest BCUT2D eigenvalue weighted by Gasteiger charge is -2.15. The lowest BCUT2D eigenvalue weighted by atomic mass is 10.0. The van der Waals surface area contributed by atoms with Gasteiger partial charge in [0.2, 0.25) is 0 Å². The third-order valence-corrected chi connectivity index (χ3v) is 3.21. The molecule has 2 aromatic rings. The summed E-state index contributed by atoms with van der Waals surface area (Å²) in [5.74, 6) is 5.20. The summed E-state index contributed by atoms with van der Waals surface area (Å²) >= 11 is 3.12. The Hall–Kier alpha value is -1.17. The van der Waals surface area contributed by atoms with Gasteiger partial charge >= 0.3 is 0 Å². The molecule has 0 fully saturated rings. The van der Waals surface area contributed by atoms with Gasteiger partial charge in [0, 0.05) is 0 Å². The van der Waals surface area contributed by atoms with Gasteiger partial charge < -0.3 is 4.42 Å². The molecule has 0 aliphatic rings. The van der Waals surface area contributed by atoms with Crippen LogP contribution in [0.4, 0.5) is 4.39 Å². The Balaban J connectivity index is 2.20. The Morgan fingerprint density at radius 1 is 1.41 bits per heavy atom. The van der Waals surface area contributed by atoms with Gasteiger partial charge in [-0.2, -0.15) is 0 Å². The van der Waals surface area contributed by atoms with E-state index in [1.807, 2.05) is 12.1 Å². The molecule has 1 aromatic carbocycles. The first-order valence-corrected chi connectivity index (χ1v) is 5.92. The van der Waals surface area contributed by atoms with Gasteiger partial charge in [0.1, 0.15) is 5.82 Å². The van der Waals surface area contributed by atoms with Crippen LogP contribution in [0.15, 0.2) is 45.7 Å². The maximum atomic E-state index is 13.4. The average Bonchev–Trinajstić information content (AvgIpc) is 2.82. The van der Waals surface area contributed by atoms with Crippen LogP contribution in [0.5, 0.6) is 0 Å². The lowest BCUT2D eigenvalue weighted by molar-refractivity contribution is 0.531. The maximum absolute atomic E-state index is 13.4. The summed E-state index contributed by atoms with van der Waals surface area (Å²) in [6.45, 7) is 0. The summed E-state index contributed by atoms with van der Waals surface area (Å²) in [5.41, 5.74) is 4.49. The van der Waals surface area contributed by atoms with Crippen molar-refractivity contribution < 1.29 is 8.81 Å². The van der Waals surface area contributed by atoms with Gasteiger partial charge in [0.15, 0.2) is 0 Å². The third kappa shape index (κ3) is 2.94. The van der Waals surface area contributed by atoms with E-state index in [0.717, 1.165) is 11.1 Å². The van der Waals surface area contributed by atoms with Crippen molar-refractivity contribution in [1.29, 1.82) is 0 Å². The minimum absolute atomic E-state index is 0.143. The van der Waals surface area contributed by atoms with Crippen molar-refractivity contribution in [1.82, 2.24) is 5.43 Å². The average molecular weight is 299 g/mol. The van der Waals surface area contributed by atoms with Crippen molar-refractivity contribution in [2.45, 2.75) is 12.5 Å². The van der Waals surface area contributed by atoms with Crippen LogP contribution in [0.25, 0.3) is 0 Å². The quantitative estimate of drug-likeness (QED) is 0.674. The number of rotatable bonds is 4. The first-order chi connectivity index (χ1) is 8.20. The van der Waals surface area contributed by atoms with Crippen molar-refractivity contribution >= 4 is 15.9 Å². The third-order valence-electron chi connectivity index (χ3n) is 2.57. The molecule has 1 unspecified atom stereocenters. The van der Waals surface area contributed by atoms with Gasteiger partial charge in [-0.25, -0.2) is 4.39 Å². The molecule has 5 heteroatoms. The fourth-order valence-electron chi connectivity index (χ4n) is 1.65. The summed E-state index contributed by atoms with van der Waals surface area (Å²) in [4.78, 5) is 0.